The zero-order valence-electron chi connectivity index (χ0n) is 15.1. The predicted octanol–water partition coefficient (Wildman–Crippen LogP) is 3.95. The number of aromatic amines is 1. The number of rotatable bonds is 5. The molecular formula is C21H26N4. The molecule has 2 aromatic carbocycles. The van der Waals surface area contributed by atoms with Crippen LogP contribution in [-0.4, -0.2) is 24.5 Å². The Hall–Kier alpha value is -2.75. The number of guanidine groups is 1. The largest absolute Gasteiger partial charge is 0.358 e. The van der Waals surface area contributed by atoms with E-state index in [-0.39, 0.29) is 6.04 Å². The van der Waals surface area contributed by atoms with Gasteiger partial charge in [0.1, 0.15) is 0 Å². The van der Waals surface area contributed by atoms with Gasteiger partial charge >= 0.3 is 0 Å². The van der Waals surface area contributed by atoms with Crippen LogP contribution < -0.4 is 10.6 Å². The summed E-state index contributed by atoms with van der Waals surface area (Å²) in [6.45, 7) is 5.12. The van der Waals surface area contributed by atoms with Crippen molar-refractivity contribution in [3.05, 3.63) is 71.4 Å². The summed E-state index contributed by atoms with van der Waals surface area (Å²) in [7, 11) is 1.81. The van der Waals surface area contributed by atoms with Crippen molar-refractivity contribution in [1.82, 2.24) is 15.6 Å². The van der Waals surface area contributed by atoms with E-state index in [0.717, 1.165) is 18.9 Å². The minimum Gasteiger partial charge on any atom is -0.358 e. The molecule has 130 valence electrons. The van der Waals surface area contributed by atoms with Gasteiger partial charge in [-0.05, 0) is 37.5 Å². The summed E-state index contributed by atoms with van der Waals surface area (Å²) in [6.07, 6.45) is 0.955. The van der Waals surface area contributed by atoms with Crippen LogP contribution >= 0.6 is 0 Å². The first-order valence-electron chi connectivity index (χ1n) is 8.77. The summed E-state index contributed by atoms with van der Waals surface area (Å²) in [4.78, 5) is 7.80. The lowest BCUT2D eigenvalue weighted by Crippen LogP contribution is -2.39. The molecule has 1 unspecified atom stereocenters. The van der Waals surface area contributed by atoms with Gasteiger partial charge in [0, 0.05) is 30.2 Å². The highest BCUT2D eigenvalue weighted by molar-refractivity contribution is 5.84. The third kappa shape index (κ3) is 4.02. The maximum Gasteiger partial charge on any atom is 0.191 e. The van der Waals surface area contributed by atoms with Crippen LogP contribution in [0.25, 0.3) is 10.9 Å². The summed E-state index contributed by atoms with van der Waals surface area (Å²) in [6, 6.07) is 19.1. The fourth-order valence-electron chi connectivity index (χ4n) is 3.19. The van der Waals surface area contributed by atoms with E-state index < -0.39 is 0 Å². The number of nitrogens with one attached hydrogen (secondary N) is 3. The number of benzene rings is 2. The molecule has 0 saturated heterocycles. The average Bonchev–Trinajstić information content (AvgIpc) is 2.97. The quantitative estimate of drug-likeness (QED) is 0.489. The maximum atomic E-state index is 4.34. The highest BCUT2D eigenvalue weighted by Gasteiger charge is 2.09. The van der Waals surface area contributed by atoms with E-state index in [2.05, 4.69) is 83.0 Å². The fraction of sp³-hybridized carbons (Fsp3) is 0.286. The van der Waals surface area contributed by atoms with Crippen LogP contribution in [0.15, 0.2) is 59.6 Å². The predicted molar refractivity (Wildman–Crippen MR) is 106 cm³/mol. The van der Waals surface area contributed by atoms with Crippen molar-refractivity contribution in [1.29, 1.82) is 0 Å². The highest BCUT2D eigenvalue weighted by Crippen LogP contribution is 2.21. The van der Waals surface area contributed by atoms with E-state index in [9.17, 15) is 0 Å². The number of aromatic nitrogens is 1. The van der Waals surface area contributed by atoms with Gasteiger partial charge in [-0.15, -0.1) is 0 Å². The smallest absolute Gasteiger partial charge is 0.191 e. The molecule has 1 aromatic heterocycles. The number of fused-ring (bicyclic) bond motifs is 1. The molecule has 25 heavy (non-hydrogen) atoms. The van der Waals surface area contributed by atoms with Gasteiger partial charge < -0.3 is 15.6 Å². The van der Waals surface area contributed by atoms with Crippen molar-refractivity contribution in [3.8, 4) is 0 Å². The molecule has 3 rings (SSSR count). The average molecular weight is 334 g/mol. The van der Waals surface area contributed by atoms with Crippen molar-refractivity contribution in [2.75, 3.05) is 13.6 Å². The number of hydrogen-bond acceptors (Lipinski definition) is 1. The van der Waals surface area contributed by atoms with Gasteiger partial charge in [-0.2, -0.15) is 0 Å². The fourth-order valence-corrected chi connectivity index (χ4v) is 3.19. The molecule has 0 aliphatic carbocycles. The Morgan fingerprint density at radius 3 is 2.56 bits per heavy atom. The van der Waals surface area contributed by atoms with Crippen LogP contribution in [0.3, 0.4) is 0 Å². The number of aliphatic imine (C=N–C) groups is 1. The molecule has 0 bridgehead atoms. The summed E-state index contributed by atoms with van der Waals surface area (Å²) in [5.41, 5.74) is 5.06. The second-order valence-corrected chi connectivity index (χ2v) is 6.30. The molecule has 1 heterocycles. The van der Waals surface area contributed by atoms with Crippen LogP contribution in [0, 0.1) is 6.92 Å². The molecule has 0 saturated carbocycles. The van der Waals surface area contributed by atoms with Crippen LogP contribution in [-0.2, 0) is 6.42 Å². The van der Waals surface area contributed by atoms with E-state index in [4.69, 9.17) is 0 Å². The van der Waals surface area contributed by atoms with Gasteiger partial charge in [0.05, 0.1) is 6.04 Å². The molecule has 0 spiro atoms. The summed E-state index contributed by atoms with van der Waals surface area (Å²) < 4.78 is 0. The van der Waals surface area contributed by atoms with Gasteiger partial charge in [0.15, 0.2) is 5.96 Å². The molecule has 1 atom stereocenters. The molecule has 3 aromatic rings. The molecule has 0 aliphatic heterocycles. The van der Waals surface area contributed by atoms with Gasteiger partial charge in [0.25, 0.3) is 0 Å². The molecular weight excluding hydrogens is 308 g/mol. The molecule has 0 amide bonds. The Labute approximate surface area is 149 Å². The van der Waals surface area contributed by atoms with Crippen molar-refractivity contribution in [2.45, 2.75) is 26.3 Å². The van der Waals surface area contributed by atoms with Gasteiger partial charge in [-0.25, -0.2) is 0 Å². The van der Waals surface area contributed by atoms with Crippen molar-refractivity contribution in [3.63, 3.8) is 0 Å². The van der Waals surface area contributed by atoms with Gasteiger partial charge in [0.2, 0.25) is 0 Å². The van der Waals surface area contributed by atoms with Crippen LogP contribution in [0.4, 0.5) is 0 Å². The zero-order chi connectivity index (χ0) is 17.6. The first-order valence-corrected chi connectivity index (χ1v) is 8.77. The van der Waals surface area contributed by atoms with E-state index in [1.807, 2.05) is 13.1 Å². The van der Waals surface area contributed by atoms with E-state index in [1.165, 1.54) is 27.7 Å². The number of hydrogen-bond donors (Lipinski definition) is 3. The number of H-pyrrole nitrogens is 1. The van der Waals surface area contributed by atoms with Crippen LogP contribution in [0.1, 0.15) is 29.8 Å². The number of nitrogens with zero attached hydrogens (tertiary/aromatic N) is 1. The molecule has 0 aliphatic rings. The Bertz CT molecular complexity index is 849. The molecule has 4 heteroatoms. The molecule has 0 radical (unpaired) electrons. The third-order valence-corrected chi connectivity index (χ3v) is 4.57. The first-order chi connectivity index (χ1) is 12.2. The van der Waals surface area contributed by atoms with E-state index >= 15 is 0 Å². The number of aryl methyl sites for hydroxylation is 1. The standard InChI is InChI=1S/C21H26N4/c1-15(17-9-5-4-6-10-17)25-21(22-3)23-14-13-18-16(2)24-20-12-8-7-11-19(18)20/h4-12,15,24H,13-14H2,1-3H3,(H2,22,23,25). The summed E-state index contributed by atoms with van der Waals surface area (Å²) in [5.74, 6) is 0.828. The topological polar surface area (TPSA) is 52.2 Å². The molecule has 0 fully saturated rings. The Morgan fingerprint density at radius 2 is 1.80 bits per heavy atom. The monoisotopic (exact) mass is 334 g/mol. The Kier molecular flexibility index (Phi) is 5.39. The second-order valence-electron chi connectivity index (χ2n) is 6.30. The normalized spacial score (nSPS) is 13.0. The first kappa shape index (κ1) is 17.1. The molecule has 4 nitrogen and oxygen atoms in total. The third-order valence-electron chi connectivity index (χ3n) is 4.57. The SMILES string of the molecule is CN=C(NCCc1c(C)[nH]c2ccccc12)NC(C)c1ccccc1. The second kappa shape index (κ2) is 7.88. The maximum absolute atomic E-state index is 4.34. The van der Waals surface area contributed by atoms with E-state index in [1.54, 1.807) is 0 Å². The highest BCUT2D eigenvalue weighted by atomic mass is 15.2. The lowest BCUT2D eigenvalue weighted by atomic mass is 10.1. The molecule has 3 N–H and O–H groups in total. The van der Waals surface area contributed by atoms with Gasteiger partial charge in [-0.1, -0.05) is 48.5 Å². The van der Waals surface area contributed by atoms with Crippen LogP contribution in [0.5, 0.6) is 0 Å². The van der Waals surface area contributed by atoms with Gasteiger partial charge in [-0.3, -0.25) is 4.99 Å². The lowest BCUT2D eigenvalue weighted by molar-refractivity contribution is 0.684. The summed E-state index contributed by atoms with van der Waals surface area (Å²) >= 11 is 0. The minimum atomic E-state index is 0.210. The van der Waals surface area contributed by atoms with Crippen molar-refractivity contribution in [2.24, 2.45) is 4.99 Å². The Balaban J connectivity index is 1.59. The number of para-hydroxylation sites is 1. The lowest BCUT2D eigenvalue weighted by Gasteiger charge is -2.18. The van der Waals surface area contributed by atoms with Crippen molar-refractivity contribution >= 4 is 16.9 Å². The Morgan fingerprint density at radius 1 is 1.08 bits per heavy atom. The van der Waals surface area contributed by atoms with Crippen LogP contribution in [0.2, 0.25) is 0 Å². The van der Waals surface area contributed by atoms with E-state index in [0.29, 0.717) is 0 Å². The minimum absolute atomic E-state index is 0.210. The van der Waals surface area contributed by atoms with Crippen molar-refractivity contribution < 1.29 is 0 Å². The summed E-state index contributed by atoms with van der Waals surface area (Å²) in [5, 5.41) is 8.18. The zero-order valence-corrected chi connectivity index (χ0v) is 15.1.